The summed E-state index contributed by atoms with van der Waals surface area (Å²) >= 11 is 0. The Morgan fingerprint density at radius 1 is 1.17 bits per heavy atom. The molecule has 1 saturated heterocycles. The first kappa shape index (κ1) is 18.6. The lowest BCUT2D eigenvalue weighted by Crippen LogP contribution is -2.38. The molecular weight excluding hydrogens is 330 g/mol. The average Bonchev–Trinajstić information content (AvgIpc) is 2.64. The molecule has 1 unspecified atom stereocenters. The number of sulfone groups is 1. The molecule has 1 heterocycles. The quantitative estimate of drug-likeness (QED) is 0.816. The Balaban J connectivity index is 2.16. The molecule has 0 radical (unpaired) electrons. The van der Waals surface area contributed by atoms with Crippen LogP contribution in [0.5, 0.6) is 5.75 Å². The van der Waals surface area contributed by atoms with E-state index < -0.39 is 26.8 Å². The Hall–Kier alpha value is -1.76. The number of ether oxygens (including phenoxy) is 2. The highest BCUT2D eigenvalue weighted by Crippen LogP contribution is 2.31. The van der Waals surface area contributed by atoms with Crippen molar-refractivity contribution in [1.82, 2.24) is 4.90 Å². The van der Waals surface area contributed by atoms with E-state index in [4.69, 9.17) is 9.47 Å². The molecule has 24 heavy (non-hydrogen) atoms. The smallest absolute Gasteiger partial charge is 0.410 e. The monoisotopic (exact) mass is 355 g/mol. The van der Waals surface area contributed by atoms with Crippen LogP contribution in [0.4, 0.5) is 4.79 Å². The van der Waals surface area contributed by atoms with Crippen LogP contribution in [0, 0.1) is 0 Å². The van der Waals surface area contributed by atoms with Crippen LogP contribution in [0.1, 0.15) is 38.0 Å². The summed E-state index contributed by atoms with van der Waals surface area (Å²) in [6.45, 7) is 5.88. The second kappa shape index (κ2) is 7.01. The maximum absolute atomic E-state index is 12.6. The number of amides is 1. The summed E-state index contributed by atoms with van der Waals surface area (Å²) in [7, 11) is -1.77. The van der Waals surface area contributed by atoms with Crippen molar-refractivity contribution in [3.8, 4) is 5.75 Å². The number of methoxy groups -OCH3 is 1. The minimum atomic E-state index is -3.33. The van der Waals surface area contributed by atoms with Crippen LogP contribution in [0.2, 0.25) is 0 Å². The van der Waals surface area contributed by atoms with Gasteiger partial charge in [0.1, 0.15) is 11.4 Å². The summed E-state index contributed by atoms with van der Waals surface area (Å²) in [5, 5.41) is -0.615. The van der Waals surface area contributed by atoms with Crippen molar-refractivity contribution in [2.24, 2.45) is 0 Å². The summed E-state index contributed by atoms with van der Waals surface area (Å²) in [6.07, 6.45) is -0.110. The van der Waals surface area contributed by atoms with E-state index in [0.717, 1.165) is 5.56 Å². The van der Waals surface area contributed by atoms with Gasteiger partial charge in [-0.1, -0.05) is 12.1 Å². The Labute approximate surface area is 143 Å². The third kappa shape index (κ3) is 4.63. The van der Waals surface area contributed by atoms with Gasteiger partial charge in [-0.05, 0) is 44.9 Å². The lowest BCUT2D eigenvalue weighted by Gasteiger charge is -2.26. The van der Waals surface area contributed by atoms with Crippen molar-refractivity contribution < 1.29 is 22.7 Å². The number of rotatable bonds is 2. The fraction of sp³-hybridized carbons (Fsp3) is 0.588. The van der Waals surface area contributed by atoms with Crippen LogP contribution in [-0.4, -0.2) is 51.0 Å². The standard InChI is InChI=1S/C17H25NO5S/c1-17(2,3)23-16(19)18-10-9-15(24(20,21)12-11-18)13-5-7-14(22-4)8-6-13/h5-8,15H,9-12H2,1-4H3. The minimum absolute atomic E-state index is 0.0665. The molecule has 0 saturated carbocycles. The first-order valence-corrected chi connectivity index (χ1v) is 9.67. The topological polar surface area (TPSA) is 72.9 Å². The van der Waals surface area contributed by atoms with E-state index in [0.29, 0.717) is 18.7 Å². The Kier molecular flexibility index (Phi) is 5.42. The van der Waals surface area contributed by atoms with Crippen LogP contribution in [0.25, 0.3) is 0 Å². The molecule has 1 aromatic carbocycles. The molecule has 7 heteroatoms. The number of hydrogen-bond acceptors (Lipinski definition) is 5. The SMILES string of the molecule is COc1ccc(C2CCN(C(=O)OC(C)(C)C)CCS2(=O)=O)cc1. The number of carbonyl (C=O) groups is 1. The molecule has 0 aliphatic carbocycles. The van der Waals surface area contributed by atoms with E-state index in [-0.39, 0.29) is 12.3 Å². The lowest BCUT2D eigenvalue weighted by atomic mass is 10.1. The van der Waals surface area contributed by atoms with Crippen LogP contribution >= 0.6 is 0 Å². The van der Waals surface area contributed by atoms with Crippen molar-refractivity contribution >= 4 is 15.9 Å². The first-order valence-electron chi connectivity index (χ1n) is 7.96. The van der Waals surface area contributed by atoms with Gasteiger partial charge in [-0.15, -0.1) is 0 Å². The Morgan fingerprint density at radius 2 is 1.79 bits per heavy atom. The molecule has 0 N–H and O–H groups in total. The average molecular weight is 355 g/mol. The van der Waals surface area contributed by atoms with Gasteiger partial charge in [-0.3, -0.25) is 0 Å². The molecule has 6 nitrogen and oxygen atoms in total. The van der Waals surface area contributed by atoms with E-state index in [2.05, 4.69) is 0 Å². The molecule has 0 aromatic heterocycles. The second-order valence-electron chi connectivity index (χ2n) is 6.88. The lowest BCUT2D eigenvalue weighted by molar-refractivity contribution is 0.0263. The number of carbonyl (C=O) groups excluding carboxylic acids is 1. The normalized spacial score (nSPS) is 21.0. The van der Waals surface area contributed by atoms with E-state index in [1.54, 1.807) is 52.1 Å². The highest BCUT2D eigenvalue weighted by atomic mass is 32.2. The fourth-order valence-corrected chi connectivity index (χ4v) is 4.44. The maximum atomic E-state index is 12.6. The van der Waals surface area contributed by atoms with Crippen molar-refractivity contribution in [3.05, 3.63) is 29.8 Å². The van der Waals surface area contributed by atoms with Crippen LogP contribution in [-0.2, 0) is 14.6 Å². The van der Waals surface area contributed by atoms with Crippen molar-refractivity contribution in [3.63, 3.8) is 0 Å². The molecular formula is C17H25NO5S. The molecule has 1 aliphatic heterocycles. The zero-order valence-electron chi connectivity index (χ0n) is 14.6. The zero-order chi connectivity index (χ0) is 18.0. The molecule has 1 amide bonds. The number of nitrogens with zero attached hydrogens (tertiary/aromatic N) is 1. The summed E-state index contributed by atoms with van der Waals surface area (Å²) in [4.78, 5) is 13.7. The Bertz CT molecular complexity index is 676. The highest BCUT2D eigenvalue weighted by Gasteiger charge is 2.34. The minimum Gasteiger partial charge on any atom is -0.497 e. The predicted molar refractivity (Wildman–Crippen MR) is 91.9 cm³/mol. The van der Waals surface area contributed by atoms with Crippen molar-refractivity contribution in [2.75, 3.05) is 26.0 Å². The van der Waals surface area contributed by atoms with Gasteiger partial charge < -0.3 is 14.4 Å². The summed E-state index contributed by atoms with van der Waals surface area (Å²) in [6, 6.07) is 7.04. The molecule has 0 spiro atoms. The largest absolute Gasteiger partial charge is 0.497 e. The molecule has 1 atom stereocenters. The van der Waals surface area contributed by atoms with E-state index in [1.807, 2.05) is 0 Å². The highest BCUT2D eigenvalue weighted by molar-refractivity contribution is 7.91. The first-order chi connectivity index (χ1) is 11.1. The predicted octanol–water partition coefficient (Wildman–Crippen LogP) is 2.79. The van der Waals surface area contributed by atoms with Gasteiger partial charge in [0, 0.05) is 13.1 Å². The van der Waals surface area contributed by atoms with Gasteiger partial charge in [0.15, 0.2) is 9.84 Å². The van der Waals surface area contributed by atoms with Gasteiger partial charge in [-0.2, -0.15) is 0 Å². The van der Waals surface area contributed by atoms with E-state index in [9.17, 15) is 13.2 Å². The third-order valence-corrected chi connectivity index (χ3v) is 6.01. The molecule has 2 rings (SSSR count). The van der Waals surface area contributed by atoms with E-state index in [1.165, 1.54) is 4.90 Å². The van der Waals surface area contributed by atoms with Gasteiger partial charge >= 0.3 is 6.09 Å². The van der Waals surface area contributed by atoms with Gasteiger partial charge in [0.25, 0.3) is 0 Å². The number of benzene rings is 1. The van der Waals surface area contributed by atoms with Gasteiger partial charge in [0.2, 0.25) is 0 Å². The van der Waals surface area contributed by atoms with Gasteiger partial charge in [-0.25, -0.2) is 13.2 Å². The van der Waals surface area contributed by atoms with Crippen molar-refractivity contribution in [2.45, 2.75) is 38.0 Å². The van der Waals surface area contributed by atoms with Crippen LogP contribution in [0.15, 0.2) is 24.3 Å². The number of hydrogen-bond donors (Lipinski definition) is 0. The Morgan fingerprint density at radius 3 is 2.33 bits per heavy atom. The van der Waals surface area contributed by atoms with Crippen LogP contribution < -0.4 is 4.74 Å². The van der Waals surface area contributed by atoms with Crippen molar-refractivity contribution in [1.29, 1.82) is 0 Å². The summed E-state index contributed by atoms with van der Waals surface area (Å²) in [5.41, 5.74) is 0.124. The molecule has 1 fully saturated rings. The summed E-state index contributed by atoms with van der Waals surface area (Å²) < 4.78 is 35.7. The van der Waals surface area contributed by atoms with Crippen LogP contribution in [0.3, 0.4) is 0 Å². The zero-order valence-corrected chi connectivity index (χ0v) is 15.4. The molecule has 134 valence electrons. The summed E-state index contributed by atoms with van der Waals surface area (Å²) in [5.74, 6) is 0.614. The van der Waals surface area contributed by atoms with E-state index >= 15 is 0 Å². The third-order valence-electron chi connectivity index (χ3n) is 3.88. The molecule has 1 aliphatic rings. The molecule has 0 bridgehead atoms. The maximum Gasteiger partial charge on any atom is 0.410 e. The fourth-order valence-electron chi connectivity index (χ4n) is 2.65. The second-order valence-corrected chi connectivity index (χ2v) is 9.19. The van der Waals surface area contributed by atoms with Gasteiger partial charge in [0.05, 0.1) is 18.1 Å². The molecule has 1 aromatic rings.